The second kappa shape index (κ2) is 5.07. The van der Waals surface area contributed by atoms with Crippen molar-refractivity contribution >= 4 is 28.3 Å². The monoisotopic (exact) mass is 296 g/mol. The highest BCUT2D eigenvalue weighted by Gasteiger charge is 2.16. The number of benzene rings is 2. The van der Waals surface area contributed by atoms with Gasteiger partial charge in [-0.15, -0.1) is 0 Å². The highest BCUT2D eigenvalue weighted by atomic mass is 16.2. The molecule has 0 atom stereocenters. The summed E-state index contributed by atoms with van der Waals surface area (Å²) in [4.78, 5) is 29.3. The van der Waals surface area contributed by atoms with E-state index in [2.05, 4.69) is 4.98 Å². The van der Waals surface area contributed by atoms with Gasteiger partial charge in [-0.25, -0.2) is 9.36 Å². The minimum Gasteiger partial charge on any atom is -0.399 e. The Kier molecular flexibility index (Phi) is 3.21. The maximum absolute atomic E-state index is 12.6. The Morgan fingerprint density at radius 3 is 2.45 bits per heavy atom. The molecule has 2 aromatic carbocycles. The van der Waals surface area contributed by atoms with Crippen LogP contribution in [0.5, 0.6) is 0 Å². The fourth-order valence-electron chi connectivity index (χ4n) is 2.36. The molecule has 6 nitrogen and oxygen atoms in total. The molecule has 0 aliphatic carbocycles. The molecule has 0 unspecified atom stereocenters. The average Bonchev–Trinajstić information content (AvgIpc) is 2.81. The van der Waals surface area contributed by atoms with Crippen LogP contribution in [0.15, 0.2) is 47.3 Å². The van der Waals surface area contributed by atoms with Crippen molar-refractivity contribution in [3.8, 4) is 0 Å². The summed E-state index contributed by atoms with van der Waals surface area (Å²) < 4.78 is 1.12. The molecular weight excluding hydrogens is 280 g/mol. The number of fused-ring (bicyclic) bond motifs is 1. The van der Waals surface area contributed by atoms with Crippen molar-refractivity contribution in [2.45, 2.75) is 0 Å². The smallest absolute Gasteiger partial charge is 0.333 e. The molecule has 0 bridgehead atoms. The van der Waals surface area contributed by atoms with E-state index in [0.717, 1.165) is 10.3 Å². The van der Waals surface area contributed by atoms with Gasteiger partial charge in [-0.3, -0.25) is 4.79 Å². The van der Waals surface area contributed by atoms with Crippen LogP contribution in [0.1, 0.15) is 10.4 Å². The maximum Gasteiger partial charge on any atom is 0.333 e. The molecule has 3 aromatic rings. The Morgan fingerprint density at radius 2 is 1.82 bits per heavy atom. The van der Waals surface area contributed by atoms with E-state index in [1.807, 2.05) is 31.1 Å². The first kappa shape index (κ1) is 13.9. The first-order valence-electron chi connectivity index (χ1n) is 6.80. The molecule has 0 amide bonds. The number of imidazole rings is 1. The van der Waals surface area contributed by atoms with Gasteiger partial charge in [-0.1, -0.05) is 0 Å². The Balaban J connectivity index is 2.09. The first-order valence-corrected chi connectivity index (χ1v) is 6.80. The molecular formula is C16H16N4O2. The Hall–Kier alpha value is -3.02. The van der Waals surface area contributed by atoms with Crippen molar-refractivity contribution in [1.29, 1.82) is 0 Å². The highest BCUT2D eigenvalue weighted by Crippen LogP contribution is 2.17. The Morgan fingerprint density at radius 1 is 1.14 bits per heavy atom. The number of nitrogens with two attached hydrogens (primary N) is 1. The van der Waals surface area contributed by atoms with E-state index in [1.54, 1.807) is 30.3 Å². The summed E-state index contributed by atoms with van der Waals surface area (Å²) in [6.45, 7) is 0. The van der Waals surface area contributed by atoms with Gasteiger partial charge in [0.2, 0.25) is 0 Å². The lowest BCUT2D eigenvalue weighted by Gasteiger charge is -2.12. The maximum atomic E-state index is 12.6. The van der Waals surface area contributed by atoms with Crippen LogP contribution >= 0.6 is 0 Å². The number of carbonyl (C=O) groups excluding carboxylic acids is 1. The summed E-state index contributed by atoms with van der Waals surface area (Å²) in [5.74, 6) is -0.369. The van der Waals surface area contributed by atoms with Crippen molar-refractivity contribution in [2.24, 2.45) is 0 Å². The van der Waals surface area contributed by atoms with Gasteiger partial charge in [0.1, 0.15) is 0 Å². The normalized spacial score (nSPS) is 10.8. The summed E-state index contributed by atoms with van der Waals surface area (Å²) in [5.41, 5.74) is 8.25. The van der Waals surface area contributed by atoms with Gasteiger partial charge in [-0.05, 0) is 42.5 Å². The molecule has 112 valence electrons. The molecule has 0 spiro atoms. The number of nitrogen functional groups attached to an aromatic ring is 1. The number of nitrogens with zero attached hydrogens (tertiary/aromatic N) is 2. The van der Waals surface area contributed by atoms with Gasteiger partial charge in [-0.2, -0.15) is 0 Å². The van der Waals surface area contributed by atoms with E-state index in [1.165, 1.54) is 0 Å². The van der Waals surface area contributed by atoms with Crippen LogP contribution in [-0.4, -0.2) is 29.6 Å². The SMILES string of the molecule is CN(C)c1ccc(C(=O)n2c(=O)[nH]c3cc(N)ccc32)cc1. The third-order valence-electron chi connectivity index (χ3n) is 3.54. The summed E-state index contributed by atoms with van der Waals surface area (Å²) in [5, 5.41) is 0. The van der Waals surface area contributed by atoms with E-state index < -0.39 is 5.69 Å². The van der Waals surface area contributed by atoms with Crippen molar-refractivity contribution in [3.05, 3.63) is 58.5 Å². The largest absolute Gasteiger partial charge is 0.399 e. The second-order valence-corrected chi connectivity index (χ2v) is 5.29. The lowest BCUT2D eigenvalue weighted by Crippen LogP contribution is -2.24. The molecule has 0 aliphatic rings. The van der Waals surface area contributed by atoms with Crippen molar-refractivity contribution in [3.63, 3.8) is 0 Å². The van der Waals surface area contributed by atoms with Crippen molar-refractivity contribution in [1.82, 2.24) is 9.55 Å². The van der Waals surface area contributed by atoms with E-state index >= 15 is 0 Å². The van der Waals surface area contributed by atoms with Gasteiger partial charge in [0.15, 0.2) is 0 Å². The Labute approximate surface area is 126 Å². The number of hydrogen-bond donors (Lipinski definition) is 2. The van der Waals surface area contributed by atoms with Crippen LogP contribution in [0.4, 0.5) is 11.4 Å². The fourth-order valence-corrected chi connectivity index (χ4v) is 2.36. The standard InChI is InChI=1S/C16H16N4O2/c1-19(2)12-6-3-10(4-7-12)15(21)20-14-8-5-11(17)9-13(14)18-16(20)22/h3-9H,17H2,1-2H3,(H,18,22). The lowest BCUT2D eigenvalue weighted by molar-refractivity contribution is 0.0961. The number of anilines is 2. The first-order chi connectivity index (χ1) is 10.5. The lowest BCUT2D eigenvalue weighted by atomic mass is 10.2. The topological polar surface area (TPSA) is 84.1 Å². The zero-order valence-corrected chi connectivity index (χ0v) is 12.3. The van der Waals surface area contributed by atoms with Gasteiger partial charge in [0.25, 0.3) is 5.91 Å². The second-order valence-electron chi connectivity index (χ2n) is 5.29. The number of aromatic nitrogens is 2. The molecule has 0 fully saturated rings. The molecule has 3 N–H and O–H groups in total. The number of H-pyrrole nitrogens is 1. The van der Waals surface area contributed by atoms with Crippen LogP contribution in [0.3, 0.4) is 0 Å². The highest BCUT2D eigenvalue weighted by molar-refractivity contribution is 6.01. The minimum absolute atomic E-state index is 0.369. The average molecular weight is 296 g/mol. The molecule has 0 saturated heterocycles. The summed E-state index contributed by atoms with van der Waals surface area (Å²) in [6.07, 6.45) is 0. The van der Waals surface area contributed by atoms with Crippen LogP contribution in [0.2, 0.25) is 0 Å². The fraction of sp³-hybridized carbons (Fsp3) is 0.125. The predicted octanol–water partition coefficient (Wildman–Crippen LogP) is 1.67. The number of aromatic amines is 1. The molecule has 0 saturated carbocycles. The van der Waals surface area contributed by atoms with Crippen molar-refractivity contribution in [2.75, 3.05) is 24.7 Å². The quantitative estimate of drug-likeness (QED) is 0.704. The van der Waals surface area contributed by atoms with E-state index in [4.69, 9.17) is 5.73 Å². The van der Waals surface area contributed by atoms with Gasteiger partial charge in [0.05, 0.1) is 11.0 Å². The zero-order chi connectivity index (χ0) is 15.9. The Bertz CT molecular complexity index is 904. The summed E-state index contributed by atoms with van der Waals surface area (Å²) in [6, 6.07) is 12.1. The van der Waals surface area contributed by atoms with Crippen LogP contribution in [-0.2, 0) is 0 Å². The van der Waals surface area contributed by atoms with E-state index in [-0.39, 0.29) is 5.91 Å². The number of nitrogens with one attached hydrogen (secondary N) is 1. The van der Waals surface area contributed by atoms with E-state index in [9.17, 15) is 9.59 Å². The third kappa shape index (κ3) is 2.24. The van der Waals surface area contributed by atoms with Crippen LogP contribution < -0.4 is 16.3 Å². The number of carbonyl (C=O) groups is 1. The number of rotatable bonds is 2. The number of hydrogen-bond acceptors (Lipinski definition) is 4. The third-order valence-corrected chi connectivity index (χ3v) is 3.54. The molecule has 0 aliphatic heterocycles. The molecule has 6 heteroatoms. The predicted molar refractivity (Wildman–Crippen MR) is 87.5 cm³/mol. The van der Waals surface area contributed by atoms with E-state index in [0.29, 0.717) is 22.3 Å². The molecule has 3 rings (SSSR count). The molecule has 1 aromatic heterocycles. The molecule has 22 heavy (non-hydrogen) atoms. The molecule has 0 radical (unpaired) electrons. The molecule has 1 heterocycles. The van der Waals surface area contributed by atoms with Crippen LogP contribution in [0, 0.1) is 0 Å². The van der Waals surface area contributed by atoms with Gasteiger partial charge < -0.3 is 15.6 Å². The zero-order valence-electron chi connectivity index (χ0n) is 12.3. The van der Waals surface area contributed by atoms with Gasteiger partial charge in [0, 0.05) is 31.0 Å². The van der Waals surface area contributed by atoms with Crippen LogP contribution in [0.25, 0.3) is 11.0 Å². The minimum atomic E-state index is -0.470. The van der Waals surface area contributed by atoms with Gasteiger partial charge >= 0.3 is 5.69 Å². The van der Waals surface area contributed by atoms with Crippen molar-refractivity contribution < 1.29 is 4.79 Å². The summed E-state index contributed by atoms with van der Waals surface area (Å²) in [7, 11) is 3.84. The summed E-state index contributed by atoms with van der Waals surface area (Å²) >= 11 is 0.